The van der Waals surface area contributed by atoms with Gasteiger partial charge in [-0.15, -0.1) is 0 Å². The quantitative estimate of drug-likeness (QED) is 0.818. The lowest BCUT2D eigenvalue weighted by Gasteiger charge is -2.34. The summed E-state index contributed by atoms with van der Waals surface area (Å²) < 4.78 is 0.735. The van der Waals surface area contributed by atoms with E-state index in [2.05, 4.69) is 21.2 Å². The van der Waals surface area contributed by atoms with Crippen molar-refractivity contribution in [3.8, 4) is 0 Å². The van der Waals surface area contributed by atoms with Crippen molar-refractivity contribution in [2.75, 3.05) is 18.4 Å². The molecule has 0 spiro atoms. The molecule has 1 aliphatic rings. The fourth-order valence-electron chi connectivity index (χ4n) is 2.02. The number of carbonyl (C=O) groups excluding carboxylic acids is 1. The fourth-order valence-corrected chi connectivity index (χ4v) is 2.80. The van der Waals surface area contributed by atoms with Crippen molar-refractivity contribution >= 4 is 39.2 Å². The van der Waals surface area contributed by atoms with Gasteiger partial charge in [0.05, 0.1) is 11.8 Å². The maximum absolute atomic E-state index is 12.1. The summed E-state index contributed by atoms with van der Waals surface area (Å²) in [5.74, 6) is 0.242. The number of benzene rings is 1. The second kappa shape index (κ2) is 6.11. The Morgan fingerprint density at radius 2 is 2.32 bits per heavy atom. The molecule has 1 saturated heterocycles. The molecule has 2 N–H and O–H groups in total. The average Bonchev–Trinajstić information content (AvgIpc) is 2.36. The zero-order chi connectivity index (χ0) is 14.0. The maximum atomic E-state index is 12.1. The Bertz CT molecular complexity index is 484. The highest BCUT2D eigenvalue weighted by Gasteiger charge is 2.27. The third-order valence-electron chi connectivity index (χ3n) is 3.38. The molecule has 0 aromatic heterocycles. The lowest BCUT2D eigenvalue weighted by molar-refractivity contribution is 0.0464. The Labute approximate surface area is 125 Å². The number of nitrogens with one attached hydrogen (secondary N) is 1. The Kier molecular flexibility index (Phi) is 4.71. The number of hydrogen-bond donors (Lipinski definition) is 2. The first kappa shape index (κ1) is 14.6. The van der Waals surface area contributed by atoms with Crippen molar-refractivity contribution in [2.24, 2.45) is 5.92 Å². The smallest absolute Gasteiger partial charge is 0.321 e. The number of halogens is 2. The predicted octanol–water partition coefficient (Wildman–Crippen LogP) is 3.34. The fraction of sp³-hybridized carbons (Fsp3) is 0.462. The number of hydrogen-bond acceptors (Lipinski definition) is 2. The monoisotopic (exact) mass is 346 g/mol. The maximum Gasteiger partial charge on any atom is 0.321 e. The van der Waals surface area contributed by atoms with Gasteiger partial charge in [-0.1, -0.05) is 18.5 Å². The summed E-state index contributed by atoms with van der Waals surface area (Å²) >= 11 is 9.21. The third kappa shape index (κ3) is 3.61. The molecule has 2 atom stereocenters. The van der Waals surface area contributed by atoms with Crippen LogP contribution in [0.3, 0.4) is 0 Å². The summed E-state index contributed by atoms with van der Waals surface area (Å²) in [5, 5.41) is 13.2. The molecule has 0 aliphatic carbocycles. The number of urea groups is 1. The van der Waals surface area contributed by atoms with Crippen LogP contribution in [0.5, 0.6) is 0 Å². The molecular weight excluding hydrogens is 332 g/mol. The molecule has 2 unspecified atom stereocenters. The van der Waals surface area contributed by atoms with Gasteiger partial charge in [0.1, 0.15) is 0 Å². The van der Waals surface area contributed by atoms with Crippen molar-refractivity contribution in [1.29, 1.82) is 0 Å². The van der Waals surface area contributed by atoms with Crippen LogP contribution in [0, 0.1) is 5.92 Å². The molecule has 104 valence electrons. The molecular formula is C13H16BrClN2O2. The van der Waals surface area contributed by atoms with E-state index >= 15 is 0 Å². The first-order valence-corrected chi connectivity index (χ1v) is 7.33. The summed E-state index contributed by atoms with van der Waals surface area (Å²) in [6.45, 7) is 3.03. The molecule has 4 nitrogen and oxygen atoms in total. The normalized spacial score (nSPS) is 23.3. The molecule has 0 radical (unpaired) electrons. The average molecular weight is 348 g/mol. The highest BCUT2D eigenvalue weighted by Crippen LogP contribution is 2.26. The Morgan fingerprint density at radius 1 is 1.58 bits per heavy atom. The van der Waals surface area contributed by atoms with Crippen molar-refractivity contribution < 1.29 is 9.90 Å². The highest BCUT2D eigenvalue weighted by molar-refractivity contribution is 9.10. The van der Waals surface area contributed by atoms with Gasteiger partial charge in [-0.05, 0) is 46.5 Å². The van der Waals surface area contributed by atoms with Crippen LogP contribution in [0.1, 0.15) is 13.3 Å². The second-order valence-electron chi connectivity index (χ2n) is 4.83. The summed E-state index contributed by atoms with van der Waals surface area (Å²) in [7, 11) is 0. The van der Waals surface area contributed by atoms with Gasteiger partial charge in [0, 0.05) is 22.6 Å². The van der Waals surface area contributed by atoms with Gasteiger partial charge >= 0.3 is 6.03 Å². The van der Waals surface area contributed by atoms with Gasteiger partial charge in [0.2, 0.25) is 0 Å². The summed E-state index contributed by atoms with van der Waals surface area (Å²) in [6, 6.07) is 4.99. The minimum atomic E-state index is -0.451. The van der Waals surface area contributed by atoms with Crippen molar-refractivity contribution in [3.05, 3.63) is 27.7 Å². The molecule has 6 heteroatoms. The van der Waals surface area contributed by atoms with E-state index in [9.17, 15) is 9.90 Å². The van der Waals surface area contributed by atoms with Crippen LogP contribution in [0.2, 0.25) is 5.02 Å². The molecule has 0 saturated carbocycles. The number of piperidine rings is 1. The van der Waals surface area contributed by atoms with Crippen LogP contribution in [-0.2, 0) is 0 Å². The van der Waals surface area contributed by atoms with Gasteiger partial charge in [0.25, 0.3) is 0 Å². The number of likely N-dealkylation sites (tertiary alicyclic amines) is 1. The number of carbonyl (C=O) groups is 1. The van der Waals surface area contributed by atoms with Gasteiger partial charge in [0.15, 0.2) is 0 Å². The number of aliphatic hydroxyl groups is 1. The molecule has 2 rings (SSSR count). The second-order valence-corrected chi connectivity index (χ2v) is 6.12. The first-order valence-electron chi connectivity index (χ1n) is 6.16. The van der Waals surface area contributed by atoms with Crippen LogP contribution in [-0.4, -0.2) is 35.2 Å². The largest absolute Gasteiger partial charge is 0.391 e. The topological polar surface area (TPSA) is 52.6 Å². The van der Waals surface area contributed by atoms with Crippen LogP contribution >= 0.6 is 27.5 Å². The van der Waals surface area contributed by atoms with Crippen LogP contribution in [0.15, 0.2) is 22.7 Å². The SMILES string of the molecule is CC1CCN(C(=O)Nc2ccc(Cl)cc2Br)CC1O. The molecule has 1 aliphatic heterocycles. The number of amides is 2. The third-order valence-corrected chi connectivity index (χ3v) is 4.27. The molecule has 1 aromatic rings. The van der Waals surface area contributed by atoms with E-state index in [4.69, 9.17) is 11.6 Å². The lowest BCUT2D eigenvalue weighted by atomic mass is 9.96. The molecule has 19 heavy (non-hydrogen) atoms. The van der Waals surface area contributed by atoms with Crippen molar-refractivity contribution in [1.82, 2.24) is 4.90 Å². The van der Waals surface area contributed by atoms with Crippen LogP contribution in [0.25, 0.3) is 0 Å². The van der Waals surface area contributed by atoms with Gasteiger partial charge < -0.3 is 15.3 Å². The van der Waals surface area contributed by atoms with E-state index in [-0.39, 0.29) is 11.9 Å². The van der Waals surface area contributed by atoms with Crippen LogP contribution < -0.4 is 5.32 Å². The number of rotatable bonds is 1. The number of aliphatic hydroxyl groups excluding tert-OH is 1. The molecule has 0 bridgehead atoms. The minimum Gasteiger partial charge on any atom is -0.391 e. The van der Waals surface area contributed by atoms with E-state index in [1.54, 1.807) is 23.1 Å². The molecule has 1 fully saturated rings. The van der Waals surface area contributed by atoms with E-state index in [1.165, 1.54) is 0 Å². The Morgan fingerprint density at radius 3 is 2.95 bits per heavy atom. The summed E-state index contributed by atoms with van der Waals surface area (Å²) in [5.41, 5.74) is 0.669. The van der Waals surface area contributed by atoms with Gasteiger partial charge in [-0.3, -0.25) is 0 Å². The summed E-state index contributed by atoms with van der Waals surface area (Å²) in [6.07, 6.45) is 0.365. The Balaban J connectivity index is 2.01. The van der Waals surface area contributed by atoms with Crippen molar-refractivity contribution in [2.45, 2.75) is 19.4 Å². The lowest BCUT2D eigenvalue weighted by Crippen LogP contribution is -2.47. The van der Waals surface area contributed by atoms with Crippen LogP contribution in [0.4, 0.5) is 10.5 Å². The number of anilines is 1. The molecule has 2 amide bonds. The van der Waals surface area contributed by atoms with Gasteiger partial charge in [-0.25, -0.2) is 4.79 Å². The number of β-amino-alcohol motifs (C(OH)–C–C–N with tert-alkyl or cyclic N) is 1. The zero-order valence-electron chi connectivity index (χ0n) is 10.6. The summed E-state index contributed by atoms with van der Waals surface area (Å²) in [4.78, 5) is 13.7. The molecule has 1 aromatic carbocycles. The van der Waals surface area contributed by atoms with Crippen molar-refractivity contribution in [3.63, 3.8) is 0 Å². The standard InChI is InChI=1S/C13H16BrClN2O2/c1-8-4-5-17(7-12(8)18)13(19)16-11-3-2-9(15)6-10(11)14/h2-3,6,8,12,18H,4-5,7H2,1H3,(H,16,19). The van der Waals surface area contributed by atoms with Gasteiger partial charge in [-0.2, -0.15) is 0 Å². The minimum absolute atomic E-state index is 0.200. The number of nitrogens with zero attached hydrogens (tertiary/aromatic N) is 1. The van der Waals surface area contributed by atoms with E-state index in [0.717, 1.165) is 10.9 Å². The predicted molar refractivity (Wildman–Crippen MR) is 79.5 cm³/mol. The van der Waals surface area contributed by atoms with E-state index in [1.807, 2.05) is 6.92 Å². The highest BCUT2D eigenvalue weighted by atomic mass is 79.9. The van der Waals surface area contributed by atoms with E-state index in [0.29, 0.717) is 23.8 Å². The molecule has 1 heterocycles. The zero-order valence-corrected chi connectivity index (χ0v) is 12.9. The first-order chi connectivity index (χ1) is 8.97. The van der Waals surface area contributed by atoms with E-state index < -0.39 is 6.10 Å². The Hall–Kier alpha value is -0.780.